The molecule has 0 aliphatic carbocycles. The first-order valence-electron chi connectivity index (χ1n) is 5.64. The van der Waals surface area contributed by atoms with Gasteiger partial charge in [-0.3, -0.25) is 0 Å². The van der Waals surface area contributed by atoms with Crippen molar-refractivity contribution in [3.8, 4) is 0 Å². The fraction of sp³-hybridized carbons (Fsp3) is 0.417. The van der Waals surface area contributed by atoms with E-state index in [0.29, 0.717) is 0 Å². The van der Waals surface area contributed by atoms with Gasteiger partial charge in [0.25, 0.3) is 0 Å². The van der Waals surface area contributed by atoms with Crippen LogP contribution in [0, 0.1) is 0 Å². The van der Waals surface area contributed by atoms with Gasteiger partial charge in [0.05, 0.1) is 17.4 Å². The number of hydrogen-bond acceptors (Lipinski definition) is 3. The van der Waals surface area contributed by atoms with E-state index in [4.69, 9.17) is 5.73 Å². The minimum absolute atomic E-state index is 0.112. The lowest BCUT2D eigenvalue weighted by Gasteiger charge is -2.11. The van der Waals surface area contributed by atoms with E-state index in [1.807, 2.05) is 13.1 Å². The molecule has 0 saturated carbocycles. The summed E-state index contributed by atoms with van der Waals surface area (Å²) >= 11 is 0. The van der Waals surface area contributed by atoms with Crippen molar-refractivity contribution < 1.29 is 0 Å². The first kappa shape index (κ1) is 11.1. The molecule has 0 aliphatic heterocycles. The third-order valence-electron chi connectivity index (χ3n) is 2.81. The van der Waals surface area contributed by atoms with Crippen molar-refractivity contribution >= 4 is 11.0 Å². The second-order valence-electron chi connectivity index (χ2n) is 4.03. The normalized spacial score (nSPS) is 13.1. The largest absolute Gasteiger partial charge is 0.345 e. The Morgan fingerprint density at radius 2 is 2.38 bits per heavy atom. The molecule has 0 bridgehead atoms. The first-order chi connectivity index (χ1) is 7.81. The van der Waals surface area contributed by atoms with E-state index < -0.39 is 0 Å². The van der Waals surface area contributed by atoms with E-state index in [9.17, 15) is 0 Å². The number of nitrogens with zero attached hydrogens (tertiary/aromatic N) is 1. The smallest absolute Gasteiger partial charge is 0.0931 e. The van der Waals surface area contributed by atoms with Crippen LogP contribution in [0.25, 0.3) is 11.0 Å². The highest BCUT2D eigenvalue weighted by Gasteiger charge is 2.06. The maximum atomic E-state index is 6.13. The highest BCUT2D eigenvalue weighted by atomic mass is 14.9. The van der Waals surface area contributed by atoms with E-state index in [1.54, 1.807) is 6.33 Å². The van der Waals surface area contributed by atoms with E-state index in [1.165, 1.54) is 5.56 Å². The summed E-state index contributed by atoms with van der Waals surface area (Å²) in [6, 6.07) is 6.28. The van der Waals surface area contributed by atoms with Gasteiger partial charge in [-0.1, -0.05) is 6.07 Å². The highest BCUT2D eigenvalue weighted by molar-refractivity contribution is 5.75. The number of H-pyrrole nitrogens is 1. The fourth-order valence-corrected chi connectivity index (χ4v) is 1.85. The summed E-state index contributed by atoms with van der Waals surface area (Å²) in [4.78, 5) is 7.29. The predicted molar refractivity (Wildman–Crippen MR) is 66.2 cm³/mol. The Bertz CT molecular complexity index is 449. The standard InChI is InChI=1S/C12H18N4/c1-14-6-2-3-10(13)9-4-5-11-12(7-9)16-8-15-11/h4-5,7-8,10,14H,2-3,6,13H2,1H3,(H,15,16). The van der Waals surface area contributed by atoms with E-state index >= 15 is 0 Å². The van der Waals surface area contributed by atoms with Crippen molar-refractivity contribution in [1.29, 1.82) is 0 Å². The zero-order chi connectivity index (χ0) is 11.4. The molecule has 16 heavy (non-hydrogen) atoms. The molecule has 0 amide bonds. The van der Waals surface area contributed by atoms with Crippen LogP contribution in [-0.2, 0) is 0 Å². The molecular formula is C12H18N4. The molecule has 0 spiro atoms. The molecule has 4 nitrogen and oxygen atoms in total. The number of nitrogens with one attached hydrogen (secondary N) is 2. The van der Waals surface area contributed by atoms with Crippen molar-refractivity contribution in [3.63, 3.8) is 0 Å². The Balaban J connectivity index is 2.07. The Morgan fingerprint density at radius 3 is 3.19 bits per heavy atom. The van der Waals surface area contributed by atoms with Gasteiger partial charge in [0.1, 0.15) is 0 Å². The molecule has 1 heterocycles. The second kappa shape index (κ2) is 5.09. The van der Waals surface area contributed by atoms with E-state index in [0.717, 1.165) is 30.4 Å². The average Bonchev–Trinajstić information content (AvgIpc) is 2.76. The molecule has 0 aliphatic rings. The maximum Gasteiger partial charge on any atom is 0.0931 e. The van der Waals surface area contributed by atoms with Crippen LogP contribution in [0.5, 0.6) is 0 Å². The summed E-state index contributed by atoms with van der Waals surface area (Å²) in [6.07, 6.45) is 3.81. The molecule has 0 radical (unpaired) electrons. The number of rotatable bonds is 5. The number of fused-ring (bicyclic) bond motifs is 1. The molecule has 2 aromatic rings. The quantitative estimate of drug-likeness (QED) is 0.667. The molecular weight excluding hydrogens is 200 g/mol. The molecule has 0 fully saturated rings. The Labute approximate surface area is 95.3 Å². The minimum atomic E-state index is 0.112. The number of imidazole rings is 1. The van der Waals surface area contributed by atoms with Gasteiger partial charge < -0.3 is 16.0 Å². The highest BCUT2D eigenvalue weighted by Crippen LogP contribution is 2.19. The zero-order valence-corrected chi connectivity index (χ0v) is 9.53. The van der Waals surface area contributed by atoms with Crippen molar-refractivity contribution in [2.45, 2.75) is 18.9 Å². The van der Waals surface area contributed by atoms with Crippen LogP contribution in [0.4, 0.5) is 0 Å². The molecule has 0 saturated heterocycles. The molecule has 1 unspecified atom stereocenters. The number of nitrogens with two attached hydrogens (primary N) is 1. The second-order valence-corrected chi connectivity index (χ2v) is 4.03. The summed E-state index contributed by atoms with van der Waals surface area (Å²) in [5.41, 5.74) is 9.36. The van der Waals surface area contributed by atoms with Gasteiger partial charge in [0.2, 0.25) is 0 Å². The molecule has 1 atom stereocenters. The number of aromatic amines is 1. The lowest BCUT2D eigenvalue weighted by molar-refractivity contribution is 0.591. The minimum Gasteiger partial charge on any atom is -0.345 e. The Kier molecular flexibility index (Phi) is 3.54. The summed E-state index contributed by atoms with van der Waals surface area (Å²) < 4.78 is 0. The summed E-state index contributed by atoms with van der Waals surface area (Å²) in [6.45, 7) is 1.01. The molecule has 1 aromatic heterocycles. The first-order valence-corrected chi connectivity index (χ1v) is 5.64. The van der Waals surface area contributed by atoms with Gasteiger partial charge in [0.15, 0.2) is 0 Å². The van der Waals surface area contributed by atoms with Crippen LogP contribution >= 0.6 is 0 Å². The maximum absolute atomic E-state index is 6.13. The van der Waals surface area contributed by atoms with E-state index in [-0.39, 0.29) is 6.04 Å². The lowest BCUT2D eigenvalue weighted by atomic mass is 10.0. The van der Waals surface area contributed by atoms with Crippen LogP contribution in [0.2, 0.25) is 0 Å². The fourth-order valence-electron chi connectivity index (χ4n) is 1.85. The zero-order valence-electron chi connectivity index (χ0n) is 9.53. The molecule has 4 N–H and O–H groups in total. The molecule has 2 rings (SSSR count). The Morgan fingerprint density at radius 1 is 1.50 bits per heavy atom. The van der Waals surface area contributed by atoms with Crippen LogP contribution in [0.1, 0.15) is 24.4 Å². The number of aromatic nitrogens is 2. The van der Waals surface area contributed by atoms with E-state index in [2.05, 4.69) is 27.4 Å². The SMILES string of the molecule is CNCCCC(N)c1ccc2nc[nH]c2c1. The predicted octanol–water partition coefficient (Wildman–Crippen LogP) is 1.56. The van der Waals surface area contributed by atoms with Gasteiger partial charge >= 0.3 is 0 Å². The van der Waals surface area contributed by atoms with Gasteiger partial charge in [-0.05, 0) is 44.1 Å². The van der Waals surface area contributed by atoms with Gasteiger partial charge in [0, 0.05) is 6.04 Å². The van der Waals surface area contributed by atoms with Crippen molar-refractivity contribution in [1.82, 2.24) is 15.3 Å². The number of hydrogen-bond donors (Lipinski definition) is 3. The summed E-state index contributed by atoms with van der Waals surface area (Å²) in [5.74, 6) is 0. The van der Waals surface area contributed by atoms with Gasteiger partial charge in [-0.2, -0.15) is 0 Å². The third-order valence-corrected chi connectivity index (χ3v) is 2.81. The number of benzene rings is 1. The summed E-state index contributed by atoms with van der Waals surface area (Å²) in [5, 5.41) is 3.13. The molecule has 86 valence electrons. The van der Waals surface area contributed by atoms with Gasteiger partial charge in [-0.25, -0.2) is 4.98 Å². The van der Waals surface area contributed by atoms with Gasteiger partial charge in [-0.15, -0.1) is 0 Å². The molecule has 4 heteroatoms. The van der Waals surface area contributed by atoms with Crippen LogP contribution in [0.3, 0.4) is 0 Å². The lowest BCUT2D eigenvalue weighted by Crippen LogP contribution is -2.14. The summed E-state index contributed by atoms with van der Waals surface area (Å²) in [7, 11) is 1.96. The molecule has 1 aromatic carbocycles. The van der Waals surface area contributed by atoms with Crippen LogP contribution in [0.15, 0.2) is 24.5 Å². The van der Waals surface area contributed by atoms with Crippen molar-refractivity contribution in [2.75, 3.05) is 13.6 Å². The Hall–Kier alpha value is -1.39. The van der Waals surface area contributed by atoms with Crippen LogP contribution < -0.4 is 11.1 Å². The van der Waals surface area contributed by atoms with Crippen molar-refractivity contribution in [2.24, 2.45) is 5.73 Å². The topological polar surface area (TPSA) is 66.7 Å². The monoisotopic (exact) mass is 218 g/mol. The van der Waals surface area contributed by atoms with Crippen LogP contribution in [-0.4, -0.2) is 23.6 Å². The van der Waals surface area contributed by atoms with Crippen molar-refractivity contribution in [3.05, 3.63) is 30.1 Å². The third kappa shape index (κ3) is 2.40. The average molecular weight is 218 g/mol.